The zero-order chi connectivity index (χ0) is 17.0. The second kappa shape index (κ2) is 6.91. The summed E-state index contributed by atoms with van der Waals surface area (Å²) in [5, 5.41) is 16.1. The predicted molar refractivity (Wildman–Crippen MR) is 87.1 cm³/mol. The van der Waals surface area contributed by atoms with Gasteiger partial charge in [-0.1, -0.05) is 38.1 Å². The Morgan fingerprint density at radius 1 is 1.35 bits per heavy atom. The number of hydrogen-bond acceptors (Lipinski definition) is 5. The van der Waals surface area contributed by atoms with Crippen LogP contribution in [0.25, 0.3) is 11.5 Å². The summed E-state index contributed by atoms with van der Waals surface area (Å²) in [5.74, 6) is 0.699. The summed E-state index contributed by atoms with van der Waals surface area (Å²) in [5.41, 5.74) is 0.850. The first-order chi connectivity index (χ1) is 10.8. The van der Waals surface area contributed by atoms with Gasteiger partial charge in [0.25, 0.3) is 11.8 Å². The molecule has 0 radical (unpaired) electrons. The average Bonchev–Trinajstić information content (AvgIpc) is 2.96. The summed E-state index contributed by atoms with van der Waals surface area (Å²) in [7, 11) is 0. The molecule has 2 aromatic rings. The van der Waals surface area contributed by atoms with Gasteiger partial charge in [-0.3, -0.25) is 4.79 Å². The van der Waals surface area contributed by atoms with Crippen molar-refractivity contribution >= 4 is 5.91 Å². The first-order valence-corrected chi connectivity index (χ1v) is 7.69. The van der Waals surface area contributed by atoms with Crippen LogP contribution in [0.15, 0.2) is 28.8 Å². The lowest BCUT2D eigenvalue weighted by molar-refractivity contribution is 0.0946. The smallest absolute Gasteiger partial charge is 0.258 e. The van der Waals surface area contributed by atoms with Gasteiger partial charge in [0.2, 0.25) is 0 Å². The fourth-order valence-corrected chi connectivity index (χ4v) is 1.99. The molecule has 0 aliphatic carbocycles. The standard InChI is InChI=1S/C17H23N3O3/c1-11(21)9-10-18-14(22)12-7-5-6-8-13(12)15-19-16(20-23-15)17(2,3)4/h5-8,11,21H,9-10H2,1-4H3,(H,18,22). The van der Waals surface area contributed by atoms with Gasteiger partial charge in [-0.2, -0.15) is 4.98 Å². The molecule has 0 aliphatic rings. The number of rotatable bonds is 5. The minimum absolute atomic E-state index is 0.225. The highest BCUT2D eigenvalue weighted by Crippen LogP contribution is 2.26. The first kappa shape index (κ1) is 17.1. The summed E-state index contributed by atoms with van der Waals surface area (Å²) >= 11 is 0. The Balaban J connectivity index is 2.24. The van der Waals surface area contributed by atoms with Gasteiger partial charge < -0.3 is 14.9 Å². The molecule has 0 saturated heterocycles. The van der Waals surface area contributed by atoms with Crippen LogP contribution in [0.4, 0.5) is 0 Å². The molecule has 1 aromatic carbocycles. The van der Waals surface area contributed by atoms with E-state index in [0.29, 0.717) is 35.8 Å². The van der Waals surface area contributed by atoms with Crippen molar-refractivity contribution in [2.75, 3.05) is 6.54 Å². The maximum atomic E-state index is 12.3. The summed E-state index contributed by atoms with van der Waals surface area (Å²) in [6, 6.07) is 7.11. The van der Waals surface area contributed by atoms with Crippen LogP contribution in [0.5, 0.6) is 0 Å². The van der Waals surface area contributed by atoms with Crippen molar-refractivity contribution in [3.63, 3.8) is 0 Å². The maximum Gasteiger partial charge on any atom is 0.258 e. The van der Waals surface area contributed by atoms with Crippen molar-refractivity contribution < 1.29 is 14.4 Å². The van der Waals surface area contributed by atoms with E-state index < -0.39 is 6.10 Å². The van der Waals surface area contributed by atoms with Crippen molar-refractivity contribution in [2.24, 2.45) is 0 Å². The van der Waals surface area contributed by atoms with Crippen LogP contribution in [-0.2, 0) is 5.41 Å². The quantitative estimate of drug-likeness (QED) is 0.884. The van der Waals surface area contributed by atoms with E-state index in [1.807, 2.05) is 26.8 Å². The largest absolute Gasteiger partial charge is 0.393 e. The molecule has 0 spiro atoms. The second-order valence-electron chi connectivity index (χ2n) is 6.61. The predicted octanol–water partition coefficient (Wildman–Crippen LogP) is 2.53. The monoisotopic (exact) mass is 317 g/mol. The number of nitrogens with one attached hydrogen (secondary N) is 1. The number of carbonyl (C=O) groups is 1. The van der Waals surface area contributed by atoms with Crippen molar-refractivity contribution in [3.05, 3.63) is 35.7 Å². The highest BCUT2D eigenvalue weighted by molar-refractivity contribution is 5.99. The Kier molecular flexibility index (Phi) is 5.15. The Morgan fingerprint density at radius 3 is 2.65 bits per heavy atom. The Morgan fingerprint density at radius 2 is 2.04 bits per heavy atom. The maximum absolute atomic E-state index is 12.3. The molecule has 1 heterocycles. The van der Waals surface area contributed by atoms with Crippen LogP contribution < -0.4 is 5.32 Å². The molecule has 0 bridgehead atoms. The van der Waals surface area contributed by atoms with Crippen molar-refractivity contribution in [2.45, 2.75) is 45.6 Å². The van der Waals surface area contributed by atoms with Gasteiger partial charge in [-0.25, -0.2) is 0 Å². The molecule has 23 heavy (non-hydrogen) atoms. The number of aliphatic hydroxyl groups excluding tert-OH is 1. The number of carbonyl (C=O) groups excluding carboxylic acids is 1. The molecule has 2 N–H and O–H groups in total. The Labute approximate surface area is 135 Å². The number of aromatic nitrogens is 2. The number of amides is 1. The molecule has 0 saturated carbocycles. The van der Waals surface area contributed by atoms with Gasteiger partial charge in [0.05, 0.1) is 17.2 Å². The van der Waals surface area contributed by atoms with E-state index in [2.05, 4.69) is 15.5 Å². The van der Waals surface area contributed by atoms with Gasteiger partial charge >= 0.3 is 0 Å². The fraction of sp³-hybridized carbons (Fsp3) is 0.471. The molecular weight excluding hydrogens is 294 g/mol. The lowest BCUT2D eigenvalue weighted by Gasteiger charge is -2.11. The summed E-state index contributed by atoms with van der Waals surface area (Å²) in [6.07, 6.45) is 0.0543. The molecule has 0 fully saturated rings. The fourth-order valence-electron chi connectivity index (χ4n) is 1.99. The summed E-state index contributed by atoms with van der Waals surface area (Å²) in [4.78, 5) is 16.7. The van der Waals surface area contributed by atoms with E-state index in [9.17, 15) is 9.90 Å². The van der Waals surface area contributed by atoms with Crippen LogP contribution in [0.3, 0.4) is 0 Å². The van der Waals surface area contributed by atoms with Gasteiger partial charge in [0.1, 0.15) is 0 Å². The molecular formula is C17H23N3O3. The van der Waals surface area contributed by atoms with Crippen molar-refractivity contribution in [1.29, 1.82) is 0 Å². The SMILES string of the molecule is CC(O)CCNC(=O)c1ccccc1-c1nc(C(C)(C)C)no1. The molecule has 6 nitrogen and oxygen atoms in total. The van der Waals surface area contributed by atoms with Crippen LogP contribution in [-0.4, -0.2) is 33.8 Å². The minimum atomic E-state index is -0.448. The van der Waals surface area contributed by atoms with Crippen LogP contribution in [0.2, 0.25) is 0 Å². The van der Waals surface area contributed by atoms with Crippen molar-refractivity contribution in [1.82, 2.24) is 15.5 Å². The molecule has 124 valence electrons. The third-order valence-corrected chi connectivity index (χ3v) is 3.35. The third-order valence-electron chi connectivity index (χ3n) is 3.35. The highest BCUT2D eigenvalue weighted by atomic mass is 16.5. The Hall–Kier alpha value is -2.21. The van der Waals surface area contributed by atoms with Crippen LogP contribution in [0, 0.1) is 0 Å². The van der Waals surface area contributed by atoms with E-state index in [-0.39, 0.29) is 11.3 Å². The summed E-state index contributed by atoms with van der Waals surface area (Å²) < 4.78 is 5.33. The van der Waals surface area contributed by atoms with E-state index in [0.717, 1.165) is 0 Å². The molecule has 1 amide bonds. The normalized spacial score (nSPS) is 12.9. The molecule has 6 heteroatoms. The van der Waals surface area contributed by atoms with Gasteiger partial charge in [-0.15, -0.1) is 0 Å². The lowest BCUT2D eigenvalue weighted by atomic mass is 9.96. The molecule has 1 atom stereocenters. The number of aliphatic hydroxyl groups is 1. The lowest BCUT2D eigenvalue weighted by Crippen LogP contribution is -2.27. The molecule has 0 aliphatic heterocycles. The van der Waals surface area contributed by atoms with E-state index >= 15 is 0 Å². The van der Waals surface area contributed by atoms with Crippen LogP contribution in [0.1, 0.15) is 50.3 Å². The van der Waals surface area contributed by atoms with E-state index in [1.54, 1.807) is 25.1 Å². The molecule has 1 aromatic heterocycles. The number of nitrogens with zero attached hydrogens (tertiary/aromatic N) is 2. The zero-order valence-corrected chi connectivity index (χ0v) is 14.0. The number of benzene rings is 1. The Bertz CT molecular complexity index is 672. The summed E-state index contributed by atoms with van der Waals surface area (Å²) in [6.45, 7) is 8.08. The molecule has 2 rings (SSSR count). The van der Waals surface area contributed by atoms with Crippen LogP contribution >= 0.6 is 0 Å². The van der Waals surface area contributed by atoms with Gasteiger partial charge in [0.15, 0.2) is 5.82 Å². The minimum Gasteiger partial charge on any atom is -0.393 e. The van der Waals surface area contributed by atoms with Gasteiger partial charge in [-0.05, 0) is 25.5 Å². The van der Waals surface area contributed by atoms with Gasteiger partial charge in [0, 0.05) is 12.0 Å². The third kappa shape index (κ3) is 4.39. The second-order valence-corrected chi connectivity index (χ2v) is 6.61. The average molecular weight is 317 g/mol. The highest BCUT2D eigenvalue weighted by Gasteiger charge is 2.23. The number of hydrogen-bond donors (Lipinski definition) is 2. The topological polar surface area (TPSA) is 88.2 Å². The first-order valence-electron chi connectivity index (χ1n) is 7.69. The zero-order valence-electron chi connectivity index (χ0n) is 14.0. The van der Waals surface area contributed by atoms with Crippen molar-refractivity contribution in [3.8, 4) is 11.5 Å². The molecule has 1 unspecified atom stereocenters. The van der Waals surface area contributed by atoms with E-state index in [4.69, 9.17) is 4.52 Å². The van der Waals surface area contributed by atoms with E-state index in [1.165, 1.54) is 0 Å².